The highest BCUT2D eigenvalue weighted by molar-refractivity contribution is 4.69. The third-order valence-electron chi connectivity index (χ3n) is 3.30. The molecule has 0 nitrogen and oxygen atoms in total. The fraction of sp³-hybridized carbons (Fsp3) is 1.00. The smallest absolute Gasteiger partial charge is 0.0386 e. The summed E-state index contributed by atoms with van der Waals surface area (Å²) in [6, 6.07) is 0. The minimum absolute atomic E-state index is 0.849. The predicted molar refractivity (Wildman–Crippen MR) is 71.0 cm³/mol. The third kappa shape index (κ3) is 7.88. The first-order valence-corrected chi connectivity index (χ1v) is 6.82. The summed E-state index contributed by atoms with van der Waals surface area (Å²) in [6.07, 6.45) is 4.22. The standard InChI is InChI=1S/C15H32/c1-11(2)8-14(7)10-15(13(5)6)9-12(3)4/h11-15H,8-10H2,1-7H3. The summed E-state index contributed by atoms with van der Waals surface area (Å²) in [5.74, 6) is 4.38. The lowest BCUT2D eigenvalue weighted by atomic mass is 9.79. The molecular weight excluding hydrogens is 180 g/mol. The second kappa shape index (κ2) is 7.30. The van der Waals surface area contributed by atoms with Gasteiger partial charge in [-0.2, -0.15) is 0 Å². The zero-order chi connectivity index (χ0) is 12.0. The van der Waals surface area contributed by atoms with E-state index in [2.05, 4.69) is 48.5 Å². The molecule has 0 aromatic carbocycles. The summed E-state index contributed by atoms with van der Waals surface area (Å²) in [5.41, 5.74) is 0. The Balaban J connectivity index is 4.04. The van der Waals surface area contributed by atoms with Crippen molar-refractivity contribution in [2.45, 2.75) is 67.7 Å². The van der Waals surface area contributed by atoms with Crippen LogP contribution in [0.15, 0.2) is 0 Å². The summed E-state index contributed by atoms with van der Waals surface area (Å²) in [5, 5.41) is 0. The van der Waals surface area contributed by atoms with E-state index in [-0.39, 0.29) is 0 Å². The van der Waals surface area contributed by atoms with Gasteiger partial charge >= 0.3 is 0 Å². The molecule has 0 heterocycles. The van der Waals surface area contributed by atoms with Crippen LogP contribution in [0.5, 0.6) is 0 Å². The highest BCUT2D eigenvalue weighted by atomic mass is 14.2. The van der Waals surface area contributed by atoms with E-state index in [9.17, 15) is 0 Å². The molecule has 0 N–H and O–H groups in total. The molecule has 0 aliphatic heterocycles. The molecule has 92 valence electrons. The average Bonchev–Trinajstić information content (AvgIpc) is 1.99. The van der Waals surface area contributed by atoms with E-state index >= 15 is 0 Å². The van der Waals surface area contributed by atoms with Gasteiger partial charge in [0, 0.05) is 0 Å². The molecule has 0 rings (SSSR count). The van der Waals surface area contributed by atoms with Crippen molar-refractivity contribution >= 4 is 0 Å². The van der Waals surface area contributed by atoms with Crippen molar-refractivity contribution in [1.29, 1.82) is 0 Å². The normalized spacial score (nSPS) is 16.4. The van der Waals surface area contributed by atoms with Crippen LogP contribution in [0.2, 0.25) is 0 Å². The van der Waals surface area contributed by atoms with Gasteiger partial charge in [-0.3, -0.25) is 0 Å². The van der Waals surface area contributed by atoms with Crippen LogP contribution in [0.3, 0.4) is 0 Å². The van der Waals surface area contributed by atoms with Gasteiger partial charge in [-0.1, -0.05) is 48.5 Å². The van der Waals surface area contributed by atoms with Gasteiger partial charge in [-0.15, -0.1) is 0 Å². The highest BCUT2D eigenvalue weighted by Crippen LogP contribution is 2.29. The fourth-order valence-electron chi connectivity index (χ4n) is 2.66. The maximum atomic E-state index is 2.43. The Morgan fingerprint density at radius 3 is 1.40 bits per heavy atom. The van der Waals surface area contributed by atoms with E-state index in [0.717, 1.165) is 29.6 Å². The maximum Gasteiger partial charge on any atom is -0.0386 e. The predicted octanol–water partition coefficient (Wildman–Crippen LogP) is 5.38. The summed E-state index contributed by atoms with van der Waals surface area (Å²) >= 11 is 0. The van der Waals surface area contributed by atoms with Gasteiger partial charge in [0.2, 0.25) is 0 Å². The first kappa shape index (κ1) is 15.0. The van der Waals surface area contributed by atoms with Crippen molar-refractivity contribution in [1.82, 2.24) is 0 Å². The van der Waals surface area contributed by atoms with Gasteiger partial charge in [0.25, 0.3) is 0 Å². The Hall–Kier alpha value is 0. The van der Waals surface area contributed by atoms with E-state index < -0.39 is 0 Å². The Kier molecular flexibility index (Phi) is 7.30. The van der Waals surface area contributed by atoms with Crippen molar-refractivity contribution in [3.8, 4) is 0 Å². The summed E-state index contributed by atoms with van der Waals surface area (Å²) < 4.78 is 0. The molecule has 0 fully saturated rings. The lowest BCUT2D eigenvalue weighted by Crippen LogP contribution is -2.16. The molecule has 2 atom stereocenters. The molecule has 0 saturated heterocycles. The molecule has 0 saturated carbocycles. The first-order valence-electron chi connectivity index (χ1n) is 6.82. The first-order chi connectivity index (χ1) is 6.82. The van der Waals surface area contributed by atoms with Gasteiger partial charge in [0.05, 0.1) is 0 Å². The molecular formula is C15H32. The van der Waals surface area contributed by atoms with E-state index in [0.29, 0.717) is 0 Å². The van der Waals surface area contributed by atoms with Crippen molar-refractivity contribution in [2.75, 3.05) is 0 Å². The second-order valence-electron chi connectivity index (χ2n) is 6.60. The largest absolute Gasteiger partial charge is 0.0628 e. The van der Waals surface area contributed by atoms with Gasteiger partial charge in [-0.05, 0) is 48.9 Å². The summed E-state index contributed by atoms with van der Waals surface area (Å²) in [6.45, 7) is 16.6. The zero-order valence-corrected chi connectivity index (χ0v) is 12.0. The highest BCUT2D eigenvalue weighted by Gasteiger charge is 2.18. The van der Waals surface area contributed by atoms with Crippen LogP contribution >= 0.6 is 0 Å². The Bertz CT molecular complexity index is 144. The quantitative estimate of drug-likeness (QED) is 0.531. The molecule has 0 bridgehead atoms. The molecule has 0 radical (unpaired) electrons. The molecule has 2 unspecified atom stereocenters. The molecule has 0 aliphatic carbocycles. The molecule has 0 aliphatic rings. The number of hydrogen-bond acceptors (Lipinski definition) is 0. The van der Waals surface area contributed by atoms with Crippen molar-refractivity contribution in [3.05, 3.63) is 0 Å². The van der Waals surface area contributed by atoms with Crippen LogP contribution in [-0.4, -0.2) is 0 Å². The molecule has 0 heteroatoms. The number of rotatable bonds is 7. The lowest BCUT2D eigenvalue weighted by Gasteiger charge is -2.26. The summed E-state index contributed by atoms with van der Waals surface area (Å²) in [7, 11) is 0. The topological polar surface area (TPSA) is 0 Å². The van der Waals surface area contributed by atoms with E-state index in [1.807, 2.05) is 0 Å². The molecule has 0 aromatic heterocycles. The fourth-order valence-corrected chi connectivity index (χ4v) is 2.66. The van der Waals surface area contributed by atoms with E-state index in [1.54, 1.807) is 0 Å². The van der Waals surface area contributed by atoms with Crippen LogP contribution in [0.4, 0.5) is 0 Å². The van der Waals surface area contributed by atoms with Crippen LogP contribution in [0, 0.1) is 29.6 Å². The maximum absolute atomic E-state index is 2.43. The Morgan fingerprint density at radius 2 is 1.07 bits per heavy atom. The summed E-state index contributed by atoms with van der Waals surface area (Å²) in [4.78, 5) is 0. The molecule has 0 spiro atoms. The Morgan fingerprint density at radius 1 is 0.600 bits per heavy atom. The Labute approximate surface area is 97.8 Å². The van der Waals surface area contributed by atoms with Crippen LogP contribution < -0.4 is 0 Å². The minimum atomic E-state index is 0.849. The number of hydrogen-bond donors (Lipinski definition) is 0. The van der Waals surface area contributed by atoms with Crippen LogP contribution in [0.1, 0.15) is 67.7 Å². The van der Waals surface area contributed by atoms with Crippen molar-refractivity contribution in [3.63, 3.8) is 0 Å². The van der Waals surface area contributed by atoms with Crippen molar-refractivity contribution in [2.24, 2.45) is 29.6 Å². The molecule has 0 amide bonds. The lowest BCUT2D eigenvalue weighted by molar-refractivity contribution is 0.245. The van der Waals surface area contributed by atoms with Crippen molar-refractivity contribution < 1.29 is 0 Å². The SMILES string of the molecule is CC(C)CC(C)CC(CC(C)C)C(C)C. The van der Waals surface area contributed by atoms with Gasteiger partial charge in [-0.25, -0.2) is 0 Å². The monoisotopic (exact) mass is 212 g/mol. The van der Waals surface area contributed by atoms with Gasteiger partial charge in [0.1, 0.15) is 0 Å². The van der Waals surface area contributed by atoms with Gasteiger partial charge < -0.3 is 0 Å². The van der Waals surface area contributed by atoms with Crippen LogP contribution in [-0.2, 0) is 0 Å². The van der Waals surface area contributed by atoms with Crippen LogP contribution in [0.25, 0.3) is 0 Å². The molecule has 15 heavy (non-hydrogen) atoms. The van der Waals surface area contributed by atoms with Gasteiger partial charge in [0.15, 0.2) is 0 Å². The zero-order valence-electron chi connectivity index (χ0n) is 12.0. The second-order valence-corrected chi connectivity index (χ2v) is 6.60. The van der Waals surface area contributed by atoms with E-state index in [4.69, 9.17) is 0 Å². The van der Waals surface area contributed by atoms with E-state index in [1.165, 1.54) is 19.3 Å². The average molecular weight is 212 g/mol. The minimum Gasteiger partial charge on any atom is -0.0628 e. The third-order valence-corrected chi connectivity index (χ3v) is 3.30. The molecule has 0 aromatic rings.